The second-order valence-electron chi connectivity index (χ2n) is 6.13. The van der Waals surface area contributed by atoms with Crippen molar-refractivity contribution < 1.29 is 14.0 Å². The number of amides is 2. The normalized spacial score (nSPS) is 10.9. The van der Waals surface area contributed by atoms with E-state index in [1.807, 2.05) is 19.9 Å². The first-order chi connectivity index (χ1) is 12.4. The van der Waals surface area contributed by atoms with Crippen molar-refractivity contribution in [2.75, 3.05) is 11.9 Å². The first kappa shape index (κ1) is 18.1. The van der Waals surface area contributed by atoms with Gasteiger partial charge in [0.25, 0.3) is 5.91 Å². The molecule has 0 fully saturated rings. The molecule has 26 heavy (non-hydrogen) atoms. The molecule has 2 aromatic carbocycles. The zero-order valence-electron chi connectivity index (χ0n) is 14.4. The molecule has 134 valence electrons. The number of carbonyl (C=O) groups excluding carboxylic acids is 2. The number of aromatic nitrogens is 1. The Hall–Kier alpha value is -2.67. The molecule has 0 aliphatic carbocycles. The van der Waals surface area contributed by atoms with Crippen LogP contribution < -0.4 is 10.6 Å². The Bertz CT molecular complexity index is 966. The molecule has 0 atom stereocenters. The molecule has 7 heteroatoms. The average molecular weight is 416 g/mol. The van der Waals surface area contributed by atoms with Crippen molar-refractivity contribution in [2.45, 2.75) is 19.8 Å². The third-order valence-corrected chi connectivity index (χ3v) is 4.17. The van der Waals surface area contributed by atoms with E-state index in [1.165, 1.54) is 0 Å². The van der Waals surface area contributed by atoms with E-state index in [4.69, 9.17) is 4.42 Å². The van der Waals surface area contributed by atoms with Gasteiger partial charge in [0, 0.05) is 21.6 Å². The number of hydrogen-bond acceptors (Lipinski definition) is 4. The number of fused-ring (bicyclic) bond motifs is 1. The van der Waals surface area contributed by atoms with Gasteiger partial charge in [0.2, 0.25) is 5.91 Å². The van der Waals surface area contributed by atoms with Gasteiger partial charge in [-0.25, -0.2) is 4.98 Å². The van der Waals surface area contributed by atoms with E-state index in [0.717, 1.165) is 4.47 Å². The van der Waals surface area contributed by atoms with Crippen molar-refractivity contribution in [1.29, 1.82) is 0 Å². The largest absolute Gasteiger partial charge is 0.440 e. The van der Waals surface area contributed by atoms with Crippen molar-refractivity contribution in [3.05, 3.63) is 58.4 Å². The smallest absolute Gasteiger partial charge is 0.251 e. The molecule has 0 aliphatic rings. The van der Waals surface area contributed by atoms with Crippen molar-refractivity contribution in [3.63, 3.8) is 0 Å². The SMILES string of the molecule is CC(C)c1nc2cc(NC(=O)CNC(=O)c3cccc(Br)c3)ccc2o1. The van der Waals surface area contributed by atoms with Crippen LogP contribution in [0.15, 0.2) is 51.4 Å². The number of rotatable bonds is 5. The number of benzene rings is 2. The van der Waals surface area contributed by atoms with Crippen LogP contribution in [0.25, 0.3) is 11.1 Å². The Morgan fingerprint density at radius 3 is 2.73 bits per heavy atom. The molecule has 3 aromatic rings. The number of hydrogen-bond donors (Lipinski definition) is 2. The average Bonchev–Trinajstić information content (AvgIpc) is 3.03. The van der Waals surface area contributed by atoms with Crippen LogP contribution in [0.2, 0.25) is 0 Å². The molecule has 6 nitrogen and oxygen atoms in total. The maximum atomic E-state index is 12.1. The summed E-state index contributed by atoms with van der Waals surface area (Å²) in [5.41, 5.74) is 2.44. The second kappa shape index (κ2) is 7.70. The first-order valence-corrected chi connectivity index (χ1v) is 8.96. The molecule has 2 N–H and O–H groups in total. The summed E-state index contributed by atoms with van der Waals surface area (Å²) in [5.74, 6) is 0.216. The van der Waals surface area contributed by atoms with Gasteiger partial charge >= 0.3 is 0 Å². The maximum absolute atomic E-state index is 12.1. The van der Waals surface area contributed by atoms with Gasteiger partial charge in [-0.1, -0.05) is 35.8 Å². The fourth-order valence-electron chi connectivity index (χ4n) is 2.37. The second-order valence-corrected chi connectivity index (χ2v) is 7.05. The van der Waals surface area contributed by atoms with Gasteiger partial charge in [0.15, 0.2) is 11.5 Å². The van der Waals surface area contributed by atoms with Gasteiger partial charge in [0.05, 0.1) is 6.54 Å². The van der Waals surface area contributed by atoms with E-state index in [1.54, 1.807) is 36.4 Å². The molecule has 0 spiro atoms. The van der Waals surface area contributed by atoms with Crippen LogP contribution in [-0.4, -0.2) is 23.3 Å². The molecule has 1 aromatic heterocycles. The summed E-state index contributed by atoms with van der Waals surface area (Å²) in [6.07, 6.45) is 0. The molecule has 0 radical (unpaired) electrons. The van der Waals surface area contributed by atoms with Crippen LogP contribution in [0, 0.1) is 0 Å². The Morgan fingerprint density at radius 1 is 1.19 bits per heavy atom. The number of halogens is 1. The van der Waals surface area contributed by atoms with Crippen LogP contribution in [0.1, 0.15) is 36.0 Å². The Labute approximate surface area is 159 Å². The Balaban J connectivity index is 1.61. The van der Waals surface area contributed by atoms with Crippen LogP contribution in [-0.2, 0) is 4.79 Å². The molecule has 0 aliphatic heterocycles. The summed E-state index contributed by atoms with van der Waals surface area (Å²) in [5, 5.41) is 5.34. The van der Waals surface area contributed by atoms with Gasteiger partial charge in [-0.2, -0.15) is 0 Å². The summed E-state index contributed by atoms with van der Waals surface area (Å²) in [6.45, 7) is 3.88. The molecular weight excluding hydrogens is 398 g/mol. The quantitative estimate of drug-likeness (QED) is 0.657. The minimum absolute atomic E-state index is 0.126. The van der Waals surface area contributed by atoms with Gasteiger partial charge < -0.3 is 15.1 Å². The lowest BCUT2D eigenvalue weighted by Crippen LogP contribution is -2.32. The van der Waals surface area contributed by atoms with E-state index in [9.17, 15) is 9.59 Å². The lowest BCUT2D eigenvalue weighted by molar-refractivity contribution is -0.115. The monoisotopic (exact) mass is 415 g/mol. The zero-order chi connectivity index (χ0) is 18.7. The van der Waals surface area contributed by atoms with E-state index in [0.29, 0.717) is 28.2 Å². The standard InChI is InChI=1S/C19H18BrN3O3/c1-11(2)19-23-15-9-14(6-7-16(15)26-19)22-17(24)10-21-18(25)12-4-3-5-13(20)8-12/h3-9,11H,10H2,1-2H3,(H,21,25)(H,22,24). The fourth-order valence-corrected chi connectivity index (χ4v) is 2.77. The summed E-state index contributed by atoms with van der Waals surface area (Å²) in [6, 6.07) is 12.2. The first-order valence-electron chi connectivity index (χ1n) is 8.16. The molecule has 3 rings (SSSR count). The molecule has 0 saturated carbocycles. The predicted octanol–water partition coefficient (Wildman–Crippen LogP) is 4.08. The highest BCUT2D eigenvalue weighted by Gasteiger charge is 2.12. The summed E-state index contributed by atoms with van der Waals surface area (Å²) in [7, 11) is 0. The molecule has 0 bridgehead atoms. The van der Waals surface area contributed by atoms with Crippen LogP contribution >= 0.6 is 15.9 Å². The number of nitrogens with one attached hydrogen (secondary N) is 2. The highest BCUT2D eigenvalue weighted by molar-refractivity contribution is 9.10. The van der Waals surface area contributed by atoms with Crippen LogP contribution in [0.4, 0.5) is 5.69 Å². The minimum atomic E-state index is -0.319. The van der Waals surface area contributed by atoms with Gasteiger partial charge in [-0.15, -0.1) is 0 Å². The van der Waals surface area contributed by atoms with Crippen LogP contribution in [0.3, 0.4) is 0 Å². The summed E-state index contributed by atoms with van der Waals surface area (Å²) < 4.78 is 6.44. The highest BCUT2D eigenvalue weighted by Crippen LogP contribution is 2.23. The molecular formula is C19H18BrN3O3. The Kier molecular flexibility index (Phi) is 5.37. The summed E-state index contributed by atoms with van der Waals surface area (Å²) >= 11 is 3.31. The van der Waals surface area contributed by atoms with E-state index in [-0.39, 0.29) is 24.3 Å². The molecule has 0 unspecified atom stereocenters. The third-order valence-electron chi connectivity index (χ3n) is 3.68. The lowest BCUT2D eigenvalue weighted by Gasteiger charge is -2.07. The van der Waals surface area contributed by atoms with Crippen molar-refractivity contribution in [3.8, 4) is 0 Å². The van der Waals surface area contributed by atoms with Gasteiger partial charge in [-0.3, -0.25) is 9.59 Å². The van der Waals surface area contributed by atoms with Crippen molar-refractivity contribution >= 4 is 44.5 Å². The highest BCUT2D eigenvalue weighted by atomic mass is 79.9. The van der Waals surface area contributed by atoms with Crippen LogP contribution in [0.5, 0.6) is 0 Å². The predicted molar refractivity (Wildman–Crippen MR) is 103 cm³/mol. The van der Waals surface area contributed by atoms with E-state index < -0.39 is 0 Å². The topological polar surface area (TPSA) is 84.2 Å². The number of anilines is 1. The van der Waals surface area contributed by atoms with Crippen molar-refractivity contribution in [2.24, 2.45) is 0 Å². The summed E-state index contributed by atoms with van der Waals surface area (Å²) in [4.78, 5) is 28.6. The zero-order valence-corrected chi connectivity index (χ0v) is 16.0. The van der Waals surface area contributed by atoms with Gasteiger partial charge in [0.1, 0.15) is 5.52 Å². The Morgan fingerprint density at radius 2 is 2.00 bits per heavy atom. The number of carbonyl (C=O) groups is 2. The minimum Gasteiger partial charge on any atom is -0.440 e. The molecule has 0 saturated heterocycles. The molecule has 2 amide bonds. The van der Waals surface area contributed by atoms with E-state index >= 15 is 0 Å². The number of oxazole rings is 1. The fraction of sp³-hybridized carbons (Fsp3) is 0.211. The lowest BCUT2D eigenvalue weighted by atomic mass is 10.2. The third kappa shape index (κ3) is 4.29. The van der Waals surface area contributed by atoms with Gasteiger partial charge in [-0.05, 0) is 36.4 Å². The maximum Gasteiger partial charge on any atom is 0.251 e. The molecule has 1 heterocycles. The number of nitrogens with zero attached hydrogens (tertiary/aromatic N) is 1. The van der Waals surface area contributed by atoms with Crippen molar-refractivity contribution in [1.82, 2.24) is 10.3 Å². The van der Waals surface area contributed by atoms with E-state index in [2.05, 4.69) is 31.5 Å².